The Balaban J connectivity index is 1.74. The van der Waals surface area contributed by atoms with Gasteiger partial charge in [0.05, 0.1) is 23.9 Å². The number of nitrogens with zero attached hydrogens (tertiary/aromatic N) is 3. The summed E-state index contributed by atoms with van der Waals surface area (Å²) in [5, 5.41) is 31.5. The van der Waals surface area contributed by atoms with Crippen molar-refractivity contribution >= 4 is 17.8 Å². The van der Waals surface area contributed by atoms with Crippen LogP contribution in [0.25, 0.3) is 22.4 Å². The average Bonchev–Trinajstić information content (AvgIpc) is 2.90. The lowest BCUT2D eigenvalue weighted by atomic mass is 9.95. The van der Waals surface area contributed by atoms with E-state index in [1.807, 2.05) is 18.2 Å². The number of aromatic amines is 1. The van der Waals surface area contributed by atoms with Crippen LogP contribution in [-0.2, 0) is 0 Å². The number of H-pyrrole nitrogens is 1. The number of carbonyl (C=O) groups excluding carboxylic acids is 1. The fourth-order valence-corrected chi connectivity index (χ4v) is 3.56. The third-order valence-corrected chi connectivity index (χ3v) is 5.19. The number of nitro groups is 1. The predicted molar refractivity (Wildman–Crippen MR) is 132 cm³/mol. The molecule has 0 aliphatic carbocycles. The van der Waals surface area contributed by atoms with Crippen LogP contribution in [0.5, 0.6) is 11.5 Å². The summed E-state index contributed by atoms with van der Waals surface area (Å²) in [7, 11) is 1.24. The minimum absolute atomic E-state index is 0.138. The standard InChI is InChI=1S/C25H19N5O6/c1-36-19-13-15(12-18(23(19)31)30(34)35)14-26-28-24(32)21-20(16-8-4-2-5-9-16)22(27-29-25(21)33)17-10-6-3-7-11-17/h2-14,31H,1H3,(H,28,32)(H,29,33)/b26-14+. The molecule has 0 spiro atoms. The molecule has 11 heteroatoms. The molecule has 0 bridgehead atoms. The van der Waals surface area contributed by atoms with Gasteiger partial charge in [0, 0.05) is 22.8 Å². The fraction of sp³-hybridized carbons (Fsp3) is 0.0400. The number of hydrazone groups is 1. The molecule has 3 aromatic carbocycles. The van der Waals surface area contributed by atoms with Crippen molar-refractivity contribution in [2.45, 2.75) is 0 Å². The van der Waals surface area contributed by atoms with E-state index in [4.69, 9.17) is 4.74 Å². The average molecular weight is 485 g/mol. The molecule has 0 radical (unpaired) electrons. The molecule has 3 N–H and O–H groups in total. The maximum absolute atomic E-state index is 13.1. The van der Waals surface area contributed by atoms with E-state index >= 15 is 0 Å². The highest BCUT2D eigenvalue weighted by atomic mass is 16.6. The van der Waals surface area contributed by atoms with Gasteiger partial charge in [0.1, 0.15) is 5.56 Å². The molecule has 1 aromatic heterocycles. The van der Waals surface area contributed by atoms with Crippen molar-refractivity contribution in [2.75, 3.05) is 7.11 Å². The molecule has 0 saturated heterocycles. The number of aromatic nitrogens is 2. The molecule has 4 aromatic rings. The van der Waals surface area contributed by atoms with Crippen LogP contribution >= 0.6 is 0 Å². The molecule has 0 aliphatic heterocycles. The Bertz CT molecular complexity index is 1520. The second kappa shape index (κ2) is 10.3. The Kier molecular flexibility index (Phi) is 6.82. The van der Waals surface area contributed by atoms with Crippen LogP contribution < -0.4 is 15.7 Å². The summed E-state index contributed by atoms with van der Waals surface area (Å²) in [6, 6.07) is 20.3. The van der Waals surface area contributed by atoms with E-state index in [1.54, 1.807) is 42.5 Å². The molecule has 0 unspecified atom stereocenters. The Morgan fingerprint density at radius 1 is 1.11 bits per heavy atom. The van der Waals surface area contributed by atoms with Crippen molar-refractivity contribution in [2.24, 2.45) is 5.10 Å². The largest absolute Gasteiger partial charge is 0.500 e. The number of methoxy groups -OCH3 is 1. The topological polar surface area (TPSA) is 160 Å². The Morgan fingerprint density at radius 2 is 1.75 bits per heavy atom. The van der Waals surface area contributed by atoms with Gasteiger partial charge in [-0.2, -0.15) is 10.2 Å². The van der Waals surface area contributed by atoms with Gasteiger partial charge in [0.25, 0.3) is 11.5 Å². The SMILES string of the molecule is COc1cc(/C=N/NC(=O)c2c(-c3ccccc3)c(-c3ccccc3)n[nH]c2=O)cc([N+](=O)[O-])c1O. The lowest BCUT2D eigenvalue weighted by Gasteiger charge is -2.12. The third kappa shape index (κ3) is 4.80. The molecular weight excluding hydrogens is 466 g/mol. The normalized spacial score (nSPS) is 10.8. The van der Waals surface area contributed by atoms with E-state index in [2.05, 4.69) is 20.7 Å². The van der Waals surface area contributed by atoms with Crippen molar-refractivity contribution in [3.05, 3.63) is 104 Å². The first-order valence-corrected chi connectivity index (χ1v) is 10.5. The van der Waals surface area contributed by atoms with Gasteiger partial charge in [0.15, 0.2) is 5.75 Å². The highest BCUT2D eigenvalue weighted by Gasteiger charge is 2.23. The number of nitro benzene ring substituents is 1. The number of hydrogen-bond acceptors (Lipinski definition) is 8. The van der Waals surface area contributed by atoms with E-state index < -0.39 is 27.8 Å². The van der Waals surface area contributed by atoms with Gasteiger partial charge in [-0.25, -0.2) is 10.5 Å². The molecule has 0 atom stereocenters. The lowest BCUT2D eigenvalue weighted by Crippen LogP contribution is -2.28. The van der Waals surface area contributed by atoms with Crippen LogP contribution in [0.4, 0.5) is 5.69 Å². The van der Waals surface area contributed by atoms with Gasteiger partial charge in [-0.1, -0.05) is 60.7 Å². The van der Waals surface area contributed by atoms with Gasteiger partial charge >= 0.3 is 5.69 Å². The van der Waals surface area contributed by atoms with Gasteiger partial charge in [-0.05, 0) is 11.6 Å². The first-order chi connectivity index (χ1) is 17.4. The molecule has 0 aliphatic rings. The number of phenols is 1. The summed E-state index contributed by atoms with van der Waals surface area (Å²) in [6.07, 6.45) is 1.13. The highest BCUT2D eigenvalue weighted by molar-refractivity contribution is 6.03. The van der Waals surface area contributed by atoms with E-state index in [0.29, 0.717) is 22.4 Å². The molecule has 36 heavy (non-hydrogen) atoms. The van der Waals surface area contributed by atoms with E-state index in [9.17, 15) is 24.8 Å². The van der Waals surface area contributed by atoms with Gasteiger partial charge in [0.2, 0.25) is 5.75 Å². The summed E-state index contributed by atoms with van der Waals surface area (Å²) < 4.78 is 4.95. The fourth-order valence-electron chi connectivity index (χ4n) is 3.56. The number of aromatic hydroxyl groups is 1. The Labute approximate surface area is 203 Å². The zero-order chi connectivity index (χ0) is 25.7. The first-order valence-electron chi connectivity index (χ1n) is 10.5. The maximum Gasteiger partial charge on any atom is 0.315 e. The number of nitrogens with one attached hydrogen (secondary N) is 2. The first kappa shape index (κ1) is 23.8. The maximum atomic E-state index is 13.1. The summed E-state index contributed by atoms with van der Waals surface area (Å²) in [6.45, 7) is 0. The molecule has 1 amide bonds. The van der Waals surface area contributed by atoms with E-state index in [1.165, 1.54) is 13.2 Å². The minimum Gasteiger partial charge on any atom is -0.500 e. The predicted octanol–water partition coefficient (Wildman–Crippen LogP) is 3.49. The van der Waals surface area contributed by atoms with E-state index in [0.717, 1.165) is 12.3 Å². The number of ether oxygens (including phenoxy) is 1. The zero-order valence-corrected chi connectivity index (χ0v) is 18.8. The van der Waals surface area contributed by atoms with Crippen LogP contribution in [0.2, 0.25) is 0 Å². The minimum atomic E-state index is -0.814. The second-order valence-corrected chi connectivity index (χ2v) is 7.43. The Morgan fingerprint density at radius 3 is 2.36 bits per heavy atom. The number of phenolic OH excluding ortho intramolecular Hbond substituents is 1. The van der Waals surface area contributed by atoms with Crippen LogP contribution in [0.1, 0.15) is 15.9 Å². The number of amides is 1. The molecule has 0 saturated carbocycles. The van der Waals surface area contributed by atoms with Crippen molar-refractivity contribution in [1.29, 1.82) is 0 Å². The number of hydrogen-bond donors (Lipinski definition) is 3. The van der Waals surface area contributed by atoms with Crippen LogP contribution in [0.15, 0.2) is 82.7 Å². The summed E-state index contributed by atoms with van der Waals surface area (Å²) in [5.74, 6) is -1.58. The summed E-state index contributed by atoms with van der Waals surface area (Å²) in [4.78, 5) is 36.3. The molecule has 0 fully saturated rings. The van der Waals surface area contributed by atoms with Gasteiger partial charge in [-0.15, -0.1) is 0 Å². The number of carbonyl (C=O) groups is 1. The summed E-state index contributed by atoms with van der Waals surface area (Å²) in [5.41, 5.74) is 2.95. The molecule has 11 nitrogen and oxygen atoms in total. The van der Waals surface area contributed by atoms with Crippen molar-refractivity contribution in [3.63, 3.8) is 0 Å². The van der Waals surface area contributed by atoms with Crippen molar-refractivity contribution in [3.8, 4) is 33.9 Å². The number of rotatable bonds is 7. The van der Waals surface area contributed by atoms with Crippen molar-refractivity contribution < 1.29 is 19.6 Å². The monoisotopic (exact) mass is 485 g/mol. The lowest BCUT2D eigenvalue weighted by molar-refractivity contribution is -0.386. The molecule has 180 valence electrons. The third-order valence-electron chi connectivity index (χ3n) is 5.19. The molecule has 4 rings (SSSR count). The van der Waals surface area contributed by atoms with Crippen LogP contribution in [0.3, 0.4) is 0 Å². The van der Waals surface area contributed by atoms with Crippen LogP contribution in [0, 0.1) is 10.1 Å². The second-order valence-electron chi connectivity index (χ2n) is 7.43. The number of benzene rings is 3. The Hall–Kier alpha value is -5.32. The van der Waals surface area contributed by atoms with E-state index in [-0.39, 0.29) is 16.9 Å². The smallest absolute Gasteiger partial charge is 0.315 e. The zero-order valence-electron chi connectivity index (χ0n) is 18.8. The highest BCUT2D eigenvalue weighted by Crippen LogP contribution is 2.36. The molecular formula is C25H19N5O6. The van der Waals surface area contributed by atoms with Crippen molar-refractivity contribution in [1.82, 2.24) is 15.6 Å². The van der Waals surface area contributed by atoms with Crippen LogP contribution in [-0.4, -0.2) is 39.5 Å². The quantitative estimate of drug-likeness (QED) is 0.205. The van der Waals surface area contributed by atoms with Gasteiger partial charge < -0.3 is 9.84 Å². The van der Waals surface area contributed by atoms with Gasteiger partial charge in [-0.3, -0.25) is 19.7 Å². The molecule has 1 heterocycles. The summed E-state index contributed by atoms with van der Waals surface area (Å²) >= 11 is 0.